The number of halogens is 1. The molecule has 0 aliphatic heterocycles. The molecule has 1 amide bonds. The van der Waals surface area contributed by atoms with E-state index in [0.717, 1.165) is 10.1 Å². The maximum absolute atomic E-state index is 12.3. The molecular weight excluding hydrogens is 334 g/mol. The first-order valence-electron chi connectivity index (χ1n) is 6.65. The molecule has 0 radical (unpaired) electrons. The SMILES string of the molecule is Cn1ccnc1Sc1ccc(Cl)cc1NC(=O)c1cnccn1. The number of benzene rings is 1. The number of rotatable bonds is 4. The van der Waals surface area contributed by atoms with Gasteiger partial charge in [-0.3, -0.25) is 9.78 Å². The third kappa shape index (κ3) is 3.69. The first-order chi connectivity index (χ1) is 11.1. The minimum atomic E-state index is -0.345. The summed E-state index contributed by atoms with van der Waals surface area (Å²) in [6.07, 6.45) is 7.96. The van der Waals surface area contributed by atoms with Crippen LogP contribution in [0.3, 0.4) is 0 Å². The van der Waals surface area contributed by atoms with E-state index in [1.165, 1.54) is 30.4 Å². The van der Waals surface area contributed by atoms with E-state index < -0.39 is 0 Å². The molecule has 0 aliphatic rings. The molecule has 3 rings (SSSR count). The van der Waals surface area contributed by atoms with Gasteiger partial charge < -0.3 is 9.88 Å². The number of anilines is 1. The standard InChI is InChI=1S/C15H12ClN5OS/c1-21-7-6-19-15(21)23-13-3-2-10(16)8-11(13)20-14(22)12-9-17-4-5-18-12/h2-9H,1H3,(H,20,22). The fraction of sp³-hybridized carbons (Fsp3) is 0.0667. The highest BCUT2D eigenvalue weighted by molar-refractivity contribution is 7.99. The molecule has 0 fully saturated rings. The molecule has 2 heterocycles. The Morgan fingerprint density at radius 3 is 2.83 bits per heavy atom. The molecule has 1 N–H and O–H groups in total. The fourth-order valence-electron chi connectivity index (χ4n) is 1.84. The van der Waals surface area contributed by atoms with Gasteiger partial charge in [-0.1, -0.05) is 11.6 Å². The van der Waals surface area contributed by atoms with Gasteiger partial charge in [-0.15, -0.1) is 0 Å². The van der Waals surface area contributed by atoms with Gasteiger partial charge in [0.1, 0.15) is 5.69 Å². The monoisotopic (exact) mass is 345 g/mol. The smallest absolute Gasteiger partial charge is 0.275 e. The van der Waals surface area contributed by atoms with Crippen molar-refractivity contribution in [3.05, 3.63) is 59.9 Å². The lowest BCUT2D eigenvalue weighted by Gasteiger charge is -2.11. The zero-order valence-corrected chi connectivity index (χ0v) is 13.7. The molecule has 3 aromatic rings. The first-order valence-corrected chi connectivity index (χ1v) is 7.85. The second kappa shape index (κ2) is 6.80. The van der Waals surface area contributed by atoms with Crippen LogP contribution in [0.4, 0.5) is 5.69 Å². The van der Waals surface area contributed by atoms with E-state index in [-0.39, 0.29) is 11.6 Å². The van der Waals surface area contributed by atoms with Gasteiger partial charge in [-0.2, -0.15) is 0 Å². The van der Waals surface area contributed by atoms with Crippen LogP contribution in [-0.2, 0) is 7.05 Å². The van der Waals surface area contributed by atoms with E-state index in [4.69, 9.17) is 11.6 Å². The molecular formula is C15H12ClN5OS. The second-order valence-corrected chi connectivity index (χ2v) is 6.05. The van der Waals surface area contributed by atoms with Gasteiger partial charge in [0.2, 0.25) is 0 Å². The molecule has 0 aliphatic carbocycles. The number of nitrogens with zero attached hydrogens (tertiary/aromatic N) is 4. The van der Waals surface area contributed by atoms with Crippen molar-refractivity contribution in [2.45, 2.75) is 10.1 Å². The highest BCUT2D eigenvalue weighted by Gasteiger charge is 2.13. The number of hydrogen-bond acceptors (Lipinski definition) is 5. The van der Waals surface area contributed by atoms with E-state index >= 15 is 0 Å². The Morgan fingerprint density at radius 2 is 2.13 bits per heavy atom. The van der Waals surface area contributed by atoms with Gasteiger partial charge in [0.15, 0.2) is 5.16 Å². The van der Waals surface area contributed by atoms with Gasteiger partial charge in [0, 0.05) is 41.8 Å². The first kappa shape index (κ1) is 15.5. The summed E-state index contributed by atoms with van der Waals surface area (Å²) in [5, 5.41) is 4.15. The van der Waals surface area contributed by atoms with E-state index in [2.05, 4.69) is 20.3 Å². The highest BCUT2D eigenvalue weighted by Crippen LogP contribution is 2.34. The molecule has 0 atom stereocenters. The molecule has 8 heteroatoms. The van der Waals surface area contributed by atoms with Gasteiger partial charge in [0.05, 0.1) is 11.9 Å². The zero-order valence-electron chi connectivity index (χ0n) is 12.1. The summed E-state index contributed by atoms with van der Waals surface area (Å²) in [6, 6.07) is 5.31. The topological polar surface area (TPSA) is 72.7 Å². The third-order valence-corrected chi connectivity index (χ3v) is 4.35. The minimum absolute atomic E-state index is 0.236. The lowest BCUT2D eigenvalue weighted by atomic mass is 10.3. The van der Waals surface area contributed by atoms with Crippen LogP contribution in [0.15, 0.2) is 59.2 Å². The van der Waals surface area contributed by atoms with Gasteiger partial charge in [-0.25, -0.2) is 9.97 Å². The molecule has 6 nitrogen and oxygen atoms in total. The summed E-state index contributed by atoms with van der Waals surface area (Å²) in [5.41, 5.74) is 0.835. The van der Waals surface area contributed by atoms with Crippen molar-refractivity contribution in [1.82, 2.24) is 19.5 Å². The number of aromatic nitrogens is 4. The number of carbonyl (C=O) groups is 1. The maximum Gasteiger partial charge on any atom is 0.275 e. The lowest BCUT2D eigenvalue weighted by molar-refractivity contribution is 0.102. The number of nitrogens with one attached hydrogen (secondary N) is 1. The molecule has 2 aromatic heterocycles. The Kier molecular flexibility index (Phi) is 4.59. The van der Waals surface area contributed by atoms with E-state index in [1.54, 1.807) is 18.3 Å². The number of imidazole rings is 1. The summed E-state index contributed by atoms with van der Waals surface area (Å²) in [7, 11) is 1.91. The number of aryl methyl sites for hydroxylation is 1. The predicted molar refractivity (Wildman–Crippen MR) is 88.8 cm³/mol. The quantitative estimate of drug-likeness (QED) is 0.785. The summed E-state index contributed by atoms with van der Waals surface area (Å²) in [6.45, 7) is 0. The van der Waals surface area contributed by atoms with Crippen molar-refractivity contribution in [3.8, 4) is 0 Å². The van der Waals surface area contributed by atoms with Crippen LogP contribution in [0.5, 0.6) is 0 Å². The maximum atomic E-state index is 12.3. The Balaban J connectivity index is 1.87. The van der Waals surface area contributed by atoms with E-state index in [0.29, 0.717) is 10.7 Å². The number of amides is 1. The van der Waals surface area contributed by atoms with E-state index in [9.17, 15) is 4.79 Å². The molecule has 0 unspecified atom stereocenters. The molecule has 0 saturated carbocycles. The van der Waals surface area contributed by atoms with E-state index in [1.807, 2.05) is 23.9 Å². The van der Waals surface area contributed by atoms with Gasteiger partial charge in [-0.05, 0) is 30.0 Å². The summed E-state index contributed by atoms with van der Waals surface area (Å²) < 4.78 is 1.90. The van der Waals surface area contributed by atoms with Crippen LogP contribution in [0.25, 0.3) is 0 Å². The molecule has 116 valence electrons. The Labute approximate surface area is 141 Å². The van der Waals surface area contributed by atoms with Crippen molar-refractivity contribution in [2.24, 2.45) is 7.05 Å². The van der Waals surface area contributed by atoms with Crippen LogP contribution in [0.2, 0.25) is 5.02 Å². The van der Waals surface area contributed by atoms with Crippen LogP contribution in [0.1, 0.15) is 10.5 Å². The Bertz CT molecular complexity index is 837. The predicted octanol–water partition coefficient (Wildman–Crippen LogP) is 3.27. The van der Waals surface area contributed by atoms with Crippen molar-refractivity contribution in [3.63, 3.8) is 0 Å². The fourth-order valence-corrected chi connectivity index (χ4v) is 2.88. The van der Waals surface area contributed by atoms with Gasteiger partial charge >= 0.3 is 0 Å². The Hall–Kier alpha value is -2.38. The third-order valence-electron chi connectivity index (χ3n) is 2.96. The van der Waals surface area contributed by atoms with Crippen molar-refractivity contribution in [1.29, 1.82) is 0 Å². The normalized spacial score (nSPS) is 10.5. The lowest BCUT2D eigenvalue weighted by Crippen LogP contribution is -2.14. The Morgan fingerprint density at radius 1 is 1.26 bits per heavy atom. The zero-order chi connectivity index (χ0) is 16.2. The number of carbonyl (C=O) groups excluding carboxylic acids is 1. The minimum Gasteiger partial charge on any atom is -0.329 e. The van der Waals surface area contributed by atoms with Crippen molar-refractivity contribution in [2.75, 3.05) is 5.32 Å². The molecule has 0 bridgehead atoms. The van der Waals surface area contributed by atoms with Crippen LogP contribution >= 0.6 is 23.4 Å². The van der Waals surface area contributed by atoms with Gasteiger partial charge in [0.25, 0.3) is 5.91 Å². The average Bonchev–Trinajstić information content (AvgIpc) is 2.96. The van der Waals surface area contributed by atoms with Crippen LogP contribution in [-0.4, -0.2) is 25.4 Å². The highest BCUT2D eigenvalue weighted by atomic mass is 35.5. The summed E-state index contributed by atoms with van der Waals surface area (Å²) in [4.78, 5) is 25.2. The average molecular weight is 346 g/mol. The summed E-state index contributed by atoms with van der Waals surface area (Å²) in [5.74, 6) is -0.345. The largest absolute Gasteiger partial charge is 0.329 e. The van der Waals surface area contributed by atoms with Crippen LogP contribution in [0, 0.1) is 0 Å². The summed E-state index contributed by atoms with van der Waals surface area (Å²) >= 11 is 7.49. The molecule has 0 saturated heterocycles. The number of hydrogen-bond donors (Lipinski definition) is 1. The van der Waals surface area contributed by atoms with Crippen molar-refractivity contribution < 1.29 is 4.79 Å². The molecule has 0 spiro atoms. The van der Waals surface area contributed by atoms with Crippen molar-refractivity contribution >= 4 is 35.0 Å². The van der Waals surface area contributed by atoms with Crippen LogP contribution < -0.4 is 5.32 Å². The second-order valence-electron chi connectivity index (χ2n) is 4.61. The molecule has 23 heavy (non-hydrogen) atoms. The molecule has 1 aromatic carbocycles.